The molecule has 6 unspecified atom stereocenters. The Hall–Kier alpha value is -5.32. The second kappa shape index (κ2) is 18.8. The smallest absolute Gasteiger partial charge is 0.328 e. The molecule has 5 aromatic rings. The summed E-state index contributed by atoms with van der Waals surface area (Å²) in [5, 5.41) is 15.4. The van der Waals surface area contributed by atoms with Crippen molar-refractivity contribution in [2.45, 2.75) is 64.0 Å². The standard InChI is InChI=1S/C46H51N3O6/c1-31-42(29-49(3)32(2)35-15-9-6-10-16-35)54-45(55-43(31)37-21-19-34(30-50)20-22-37)38-25-23-36(24-26-38)40-18-12-11-17-39(40)28-47-46(52)48-41(44(51)53-4)27-33-13-7-5-8-14-33/h5-26,31-32,41-43,45,50H,27-30H2,1-4H3,(H2,47,48,52). The van der Waals surface area contributed by atoms with Gasteiger partial charge in [0.25, 0.3) is 0 Å². The van der Waals surface area contributed by atoms with E-state index in [4.69, 9.17) is 14.2 Å². The van der Waals surface area contributed by atoms with Gasteiger partial charge < -0.3 is 30.0 Å². The van der Waals surface area contributed by atoms with E-state index < -0.39 is 24.3 Å². The summed E-state index contributed by atoms with van der Waals surface area (Å²) in [6.07, 6.45) is -0.627. The van der Waals surface area contributed by atoms with Crippen molar-refractivity contribution in [2.24, 2.45) is 5.92 Å². The van der Waals surface area contributed by atoms with Crippen LogP contribution in [0.4, 0.5) is 4.79 Å². The van der Waals surface area contributed by atoms with Crippen molar-refractivity contribution in [3.8, 4) is 11.1 Å². The van der Waals surface area contributed by atoms with Gasteiger partial charge >= 0.3 is 12.0 Å². The molecule has 0 radical (unpaired) electrons. The lowest BCUT2D eigenvalue weighted by Crippen LogP contribution is -2.47. The first kappa shape index (κ1) is 39.4. The van der Waals surface area contributed by atoms with Gasteiger partial charge in [0.05, 0.1) is 25.9 Å². The number of likely N-dealkylation sites (N-methyl/N-ethyl adjacent to an activating group) is 1. The number of aliphatic hydroxyl groups excluding tert-OH is 1. The van der Waals surface area contributed by atoms with Crippen LogP contribution in [0.15, 0.2) is 133 Å². The van der Waals surface area contributed by atoms with Crippen LogP contribution in [0, 0.1) is 5.92 Å². The van der Waals surface area contributed by atoms with Crippen molar-refractivity contribution in [3.05, 3.63) is 167 Å². The quantitative estimate of drug-likeness (QED) is 0.0993. The number of methoxy groups -OCH3 is 1. The fourth-order valence-corrected chi connectivity index (χ4v) is 7.10. The molecule has 0 spiro atoms. The molecule has 0 saturated carbocycles. The van der Waals surface area contributed by atoms with Gasteiger partial charge in [-0.3, -0.25) is 4.90 Å². The van der Waals surface area contributed by atoms with Gasteiger partial charge in [0.1, 0.15) is 6.04 Å². The Morgan fingerprint density at radius 1 is 0.800 bits per heavy atom. The monoisotopic (exact) mass is 741 g/mol. The minimum Gasteiger partial charge on any atom is -0.467 e. The molecule has 1 saturated heterocycles. The fourth-order valence-electron chi connectivity index (χ4n) is 7.10. The van der Waals surface area contributed by atoms with Crippen LogP contribution >= 0.6 is 0 Å². The van der Waals surface area contributed by atoms with Gasteiger partial charge in [0.2, 0.25) is 0 Å². The van der Waals surface area contributed by atoms with Crippen LogP contribution in [0.5, 0.6) is 0 Å². The SMILES string of the molecule is COC(=O)C(Cc1ccccc1)NC(=O)NCc1ccccc1-c1ccc(C2OC(CN(C)C(C)c3ccccc3)C(C)C(c3ccc(CO)cc3)O2)cc1. The zero-order valence-electron chi connectivity index (χ0n) is 31.9. The first-order chi connectivity index (χ1) is 26.7. The Balaban J connectivity index is 1.17. The molecule has 3 N–H and O–H groups in total. The highest BCUT2D eigenvalue weighted by molar-refractivity contribution is 5.84. The molecule has 1 fully saturated rings. The van der Waals surface area contributed by atoms with Crippen LogP contribution in [0.2, 0.25) is 0 Å². The molecular weight excluding hydrogens is 691 g/mol. The Bertz CT molecular complexity index is 1970. The summed E-state index contributed by atoms with van der Waals surface area (Å²) < 4.78 is 18.5. The van der Waals surface area contributed by atoms with E-state index in [2.05, 4.69) is 72.8 Å². The van der Waals surface area contributed by atoms with Gasteiger partial charge in [-0.25, -0.2) is 9.59 Å². The molecule has 6 atom stereocenters. The molecule has 0 aliphatic carbocycles. The lowest BCUT2D eigenvalue weighted by Gasteiger charge is -2.43. The van der Waals surface area contributed by atoms with Gasteiger partial charge in [0, 0.05) is 37.0 Å². The van der Waals surface area contributed by atoms with E-state index in [9.17, 15) is 14.7 Å². The number of carbonyl (C=O) groups excluding carboxylic acids is 2. The molecule has 1 aliphatic heterocycles. The number of ether oxygens (including phenoxy) is 3. The van der Waals surface area contributed by atoms with Gasteiger partial charge in [-0.2, -0.15) is 0 Å². The maximum Gasteiger partial charge on any atom is 0.328 e. The zero-order chi connectivity index (χ0) is 38.7. The maximum absolute atomic E-state index is 13.0. The van der Waals surface area contributed by atoms with Crippen molar-refractivity contribution in [3.63, 3.8) is 0 Å². The highest BCUT2D eigenvalue weighted by Gasteiger charge is 2.39. The largest absolute Gasteiger partial charge is 0.467 e. The Morgan fingerprint density at radius 2 is 1.44 bits per heavy atom. The maximum atomic E-state index is 13.0. The van der Waals surface area contributed by atoms with E-state index in [0.29, 0.717) is 13.0 Å². The van der Waals surface area contributed by atoms with Crippen molar-refractivity contribution < 1.29 is 28.9 Å². The Labute approximate surface area is 324 Å². The lowest BCUT2D eigenvalue weighted by atomic mass is 9.89. The molecule has 55 heavy (non-hydrogen) atoms. The molecule has 6 rings (SSSR count). The summed E-state index contributed by atoms with van der Waals surface area (Å²) in [5.74, 6) is -0.454. The number of benzene rings is 5. The minimum absolute atomic E-state index is 0.0127. The second-order valence-corrected chi connectivity index (χ2v) is 14.2. The molecule has 9 heteroatoms. The Kier molecular flexibility index (Phi) is 13.5. The molecule has 286 valence electrons. The molecule has 1 aliphatic rings. The van der Waals surface area contributed by atoms with E-state index >= 15 is 0 Å². The van der Waals surface area contributed by atoms with Gasteiger partial charge in [0.15, 0.2) is 6.29 Å². The number of urea groups is 1. The topological polar surface area (TPSA) is 109 Å². The van der Waals surface area contributed by atoms with Crippen LogP contribution in [-0.4, -0.2) is 54.9 Å². The third-order valence-corrected chi connectivity index (χ3v) is 10.6. The molecule has 5 aromatic carbocycles. The van der Waals surface area contributed by atoms with Crippen LogP contribution in [-0.2, 0) is 38.6 Å². The van der Waals surface area contributed by atoms with Crippen LogP contribution in [0.3, 0.4) is 0 Å². The lowest BCUT2D eigenvalue weighted by molar-refractivity contribution is -0.276. The van der Waals surface area contributed by atoms with Gasteiger partial charge in [-0.1, -0.05) is 140 Å². The summed E-state index contributed by atoms with van der Waals surface area (Å²) in [4.78, 5) is 27.8. The summed E-state index contributed by atoms with van der Waals surface area (Å²) in [5.41, 5.74) is 7.83. The third kappa shape index (κ3) is 10.1. The first-order valence-corrected chi connectivity index (χ1v) is 18.8. The summed E-state index contributed by atoms with van der Waals surface area (Å²) in [7, 11) is 3.45. The third-order valence-electron chi connectivity index (χ3n) is 10.6. The van der Waals surface area contributed by atoms with Crippen molar-refractivity contribution >= 4 is 12.0 Å². The van der Waals surface area contributed by atoms with E-state index in [0.717, 1.165) is 38.9 Å². The average Bonchev–Trinajstić information content (AvgIpc) is 3.23. The molecule has 9 nitrogen and oxygen atoms in total. The van der Waals surface area contributed by atoms with Crippen molar-refractivity contribution in [1.29, 1.82) is 0 Å². The highest BCUT2D eigenvalue weighted by atomic mass is 16.7. The number of amides is 2. The Morgan fingerprint density at radius 3 is 2.11 bits per heavy atom. The van der Waals surface area contributed by atoms with Crippen molar-refractivity contribution in [1.82, 2.24) is 15.5 Å². The normalized spacial score (nSPS) is 19.3. The van der Waals surface area contributed by atoms with E-state index in [1.165, 1.54) is 12.7 Å². The van der Waals surface area contributed by atoms with E-state index in [1.54, 1.807) is 0 Å². The summed E-state index contributed by atoms with van der Waals surface area (Å²) in [6.45, 7) is 5.34. The van der Waals surface area contributed by atoms with E-state index in [1.807, 2.05) is 97.1 Å². The summed E-state index contributed by atoms with van der Waals surface area (Å²) >= 11 is 0. The first-order valence-electron chi connectivity index (χ1n) is 18.8. The van der Waals surface area contributed by atoms with Crippen LogP contribution in [0.25, 0.3) is 11.1 Å². The number of aliphatic hydroxyl groups is 1. The summed E-state index contributed by atoms with van der Waals surface area (Å²) in [6, 6.07) is 43.0. The number of carbonyl (C=O) groups is 2. The molecule has 0 aromatic heterocycles. The zero-order valence-corrected chi connectivity index (χ0v) is 31.9. The van der Waals surface area contributed by atoms with Crippen molar-refractivity contribution in [2.75, 3.05) is 20.7 Å². The fraction of sp³-hybridized carbons (Fsp3) is 0.304. The molecular formula is C46H51N3O6. The number of hydrogen-bond donors (Lipinski definition) is 3. The van der Waals surface area contributed by atoms with Crippen LogP contribution < -0.4 is 10.6 Å². The average molecular weight is 742 g/mol. The second-order valence-electron chi connectivity index (χ2n) is 14.2. The number of hydrogen-bond acceptors (Lipinski definition) is 7. The predicted octanol–water partition coefficient (Wildman–Crippen LogP) is 7.91. The van der Waals surface area contributed by atoms with Gasteiger partial charge in [-0.15, -0.1) is 0 Å². The molecule has 2 amide bonds. The number of rotatable bonds is 14. The number of nitrogens with one attached hydrogen (secondary N) is 2. The minimum atomic E-state index is -0.825. The van der Waals surface area contributed by atoms with E-state index in [-0.39, 0.29) is 37.3 Å². The number of nitrogens with zero attached hydrogens (tertiary/aromatic N) is 1. The van der Waals surface area contributed by atoms with Crippen LogP contribution in [0.1, 0.15) is 65.7 Å². The number of esters is 1. The van der Waals surface area contributed by atoms with Gasteiger partial charge in [-0.05, 0) is 52.9 Å². The highest BCUT2D eigenvalue weighted by Crippen LogP contribution is 2.42. The molecule has 0 bridgehead atoms. The molecule has 1 heterocycles. The predicted molar refractivity (Wildman–Crippen MR) is 214 cm³/mol.